The standard InChI is InChI=1S/C12H14N2O2S/c1-9-13-11-4-2-3-5-12(11)14(9)10-6-7-17(15,16)8-10/h2-5,10H,6-8H2,1H3. The lowest BCUT2D eigenvalue weighted by Gasteiger charge is -2.13. The van der Waals surface area contributed by atoms with Gasteiger partial charge in [0, 0.05) is 0 Å². The van der Waals surface area contributed by atoms with E-state index in [4.69, 9.17) is 0 Å². The highest BCUT2D eigenvalue weighted by Crippen LogP contribution is 2.28. The largest absolute Gasteiger partial charge is 0.324 e. The molecule has 1 aliphatic rings. The van der Waals surface area contributed by atoms with Crippen LogP contribution in [-0.4, -0.2) is 29.5 Å². The summed E-state index contributed by atoms with van der Waals surface area (Å²) >= 11 is 0. The van der Waals surface area contributed by atoms with Gasteiger partial charge in [0.2, 0.25) is 0 Å². The van der Waals surface area contributed by atoms with Crippen molar-refractivity contribution in [1.29, 1.82) is 0 Å². The number of para-hydroxylation sites is 2. The second-order valence-corrected chi connectivity index (χ2v) is 6.80. The summed E-state index contributed by atoms with van der Waals surface area (Å²) in [7, 11) is -2.86. The number of benzene rings is 1. The van der Waals surface area contributed by atoms with Crippen LogP contribution in [0.5, 0.6) is 0 Å². The number of hydrogen-bond donors (Lipinski definition) is 0. The number of nitrogens with zero attached hydrogens (tertiary/aromatic N) is 2. The molecule has 17 heavy (non-hydrogen) atoms. The van der Waals surface area contributed by atoms with Gasteiger partial charge in [-0.25, -0.2) is 13.4 Å². The van der Waals surface area contributed by atoms with Gasteiger partial charge in [0.15, 0.2) is 9.84 Å². The van der Waals surface area contributed by atoms with Gasteiger partial charge in [-0.1, -0.05) is 12.1 Å². The molecule has 1 aromatic carbocycles. The zero-order chi connectivity index (χ0) is 12.0. The van der Waals surface area contributed by atoms with Gasteiger partial charge in [-0.05, 0) is 25.5 Å². The molecule has 0 N–H and O–H groups in total. The number of aromatic nitrogens is 2. The number of imidazole rings is 1. The van der Waals surface area contributed by atoms with E-state index in [1.54, 1.807) is 0 Å². The Morgan fingerprint density at radius 1 is 1.35 bits per heavy atom. The maximum absolute atomic E-state index is 11.5. The maximum atomic E-state index is 11.5. The quantitative estimate of drug-likeness (QED) is 0.774. The molecule has 0 aliphatic carbocycles. The molecule has 0 amide bonds. The smallest absolute Gasteiger partial charge is 0.152 e. The van der Waals surface area contributed by atoms with Crippen LogP contribution in [0.2, 0.25) is 0 Å². The summed E-state index contributed by atoms with van der Waals surface area (Å²) in [6.45, 7) is 1.94. The second kappa shape index (κ2) is 3.57. The maximum Gasteiger partial charge on any atom is 0.152 e. The Morgan fingerprint density at radius 3 is 2.82 bits per heavy atom. The fourth-order valence-electron chi connectivity index (χ4n) is 2.60. The van der Waals surface area contributed by atoms with Crippen LogP contribution in [-0.2, 0) is 9.84 Å². The van der Waals surface area contributed by atoms with Gasteiger partial charge in [0.1, 0.15) is 5.82 Å². The molecule has 1 unspecified atom stereocenters. The van der Waals surface area contributed by atoms with Crippen LogP contribution in [0.4, 0.5) is 0 Å². The van der Waals surface area contributed by atoms with E-state index in [2.05, 4.69) is 9.55 Å². The first-order chi connectivity index (χ1) is 8.07. The predicted octanol–water partition coefficient (Wildman–Crippen LogP) is 1.70. The fourth-order valence-corrected chi connectivity index (χ4v) is 4.30. The lowest BCUT2D eigenvalue weighted by atomic mass is 10.2. The summed E-state index contributed by atoms with van der Waals surface area (Å²) in [4.78, 5) is 4.47. The molecule has 90 valence electrons. The molecule has 1 fully saturated rings. The first-order valence-electron chi connectivity index (χ1n) is 5.71. The van der Waals surface area contributed by atoms with Crippen molar-refractivity contribution in [2.45, 2.75) is 19.4 Å². The molecule has 1 aromatic heterocycles. The Labute approximate surface area is 100 Å². The van der Waals surface area contributed by atoms with Crippen molar-refractivity contribution < 1.29 is 8.42 Å². The lowest BCUT2D eigenvalue weighted by Crippen LogP contribution is -2.12. The van der Waals surface area contributed by atoms with E-state index < -0.39 is 9.84 Å². The van der Waals surface area contributed by atoms with Gasteiger partial charge >= 0.3 is 0 Å². The Balaban J connectivity index is 2.15. The number of aryl methyl sites for hydroxylation is 1. The molecule has 2 heterocycles. The van der Waals surface area contributed by atoms with Crippen LogP contribution in [0, 0.1) is 6.92 Å². The summed E-state index contributed by atoms with van der Waals surface area (Å²) in [6.07, 6.45) is 0.698. The highest BCUT2D eigenvalue weighted by Gasteiger charge is 2.30. The Bertz CT molecular complexity index is 673. The molecule has 0 saturated carbocycles. The van der Waals surface area contributed by atoms with Gasteiger partial charge in [-0.15, -0.1) is 0 Å². The molecular formula is C12H14N2O2S. The molecular weight excluding hydrogens is 236 g/mol. The highest BCUT2D eigenvalue weighted by atomic mass is 32.2. The molecule has 4 nitrogen and oxygen atoms in total. The molecule has 0 spiro atoms. The van der Waals surface area contributed by atoms with E-state index in [-0.39, 0.29) is 11.8 Å². The molecule has 1 saturated heterocycles. The van der Waals surface area contributed by atoms with E-state index in [0.717, 1.165) is 16.9 Å². The van der Waals surface area contributed by atoms with E-state index in [9.17, 15) is 8.42 Å². The average Bonchev–Trinajstić information content (AvgIpc) is 2.77. The Kier molecular flexibility index (Phi) is 2.26. The van der Waals surface area contributed by atoms with Gasteiger partial charge in [0.25, 0.3) is 0 Å². The van der Waals surface area contributed by atoms with E-state index in [1.807, 2.05) is 31.2 Å². The van der Waals surface area contributed by atoms with Crippen LogP contribution < -0.4 is 0 Å². The zero-order valence-electron chi connectivity index (χ0n) is 9.63. The van der Waals surface area contributed by atoms with Crippen LogP contribution in [0.25, 0.3) is 11.0 Å². The van der Waals surface area contributed by atoms with E-state index >= 15 is 0 Å². The number of hydrogen-bond acceptors (Lipinski definition) is 3. The van der Waals surface area contributed by atoms with Crippen LogP contribution in [0.1, 0.15) is 18.3 Å². The monoisotopic (exact) mass is 250 g/mol. The van der Waals surface area contributed by atoms with Crippen molar-refractivity contribution in [3.05, 3.63) is 30.1 Å². The van der Waals surface area contributed by atoms with Crippen LogP contribution >= 0.6 is 0 Å². The SMILES string of the molecule is Cc1nc2ccccc2n1C1CCS(=O)(=O)C1. The van der Waals surface area contributed by atoms with Crippen molar-refractivity contribution in [1.82, 2.24) is 9.55 Å². The summed E-state index contributed by atoms with van der Waals surface area (Å²) in [6, 6.07) is 7.92. The number of fused-ring (bicyclic) bond motifs is 1. The summed E-state index contributed by atoms with van der Waals surface area (Å²) < 4.78 is 25.2. The minimum Gasteiger partial charge on any atom is -0.324 e. The van der Waals surface area contributed by atoms with Crippen molar-refractivity contribution in [3.8, 4) is 0 Å². The topological polar surface area (TPSA) is 52.0 Å². The third kappa shape index (κ3) is 1.74. The highest BCUT2D eigenvalue weighted by molar-refractivity contribution is 7.91. The van der Waals surface area contributed by atoms with Gasteiger partial charge in [0.05, 0.1) is 28.6 Å². The molecule has 2 aromatic rings. The van der Waals surface area contributed by atoms with Crippen molar-refractivity contribution in [2.24, 2.45) is 0 Å². The van der Waals surface area contributed by atoms with Crippen molar-refractivity contribution in [3.63, 3.8) is 0 Å². The second-order valence-electron chi connectivity index (χ2n) is 4.57. The summed E-state index contributed by atoms with van der Waals surface area (Å²) in [5, 5.41) is 0. The Morgan fingerprint density at radius 2 is 2.12 bits per heavy atom. The first-order valence-corrected chi connectivity index (χ1v) is 7.53. The average molecular weight is 250 g/mol. The third-order valence-corrected chi connectivity index (χ3v) is 5.10. The predicted molar refractivity (Wildman–Crippen MR) is 66.8 cm³/mol. The molecule has 1 atom stereocenters. The van der Waals surface area contributed by atoms with Gasteiger partial charge in [-0.3, -0.25) is 0 Å². The van der Waals surface area contributed by atoms with Gasteiger partial charge < -0.3 is 4.57 Å². The molecule has 1 aliphatic heterocycles. The van der Waals surface area contributed by atoms with Crippen molar-refractivity contribution >= 4 is 20.9 Å². The van der Waals surface area contributed by atoms with Crippen LogP contribution in [0.15, 0.2) is 24.3 Å². The molecule has 5 heteroatoms. The van der Waals surface area contributed by atoms with Gasteiger partial charge in [-0.2, -0.15) is 0 Å². The van der Waals surface area contributed by atoms with E-state index in [1.165, 1.54) is 0 Å². The molecule has 0 radical (unpaired) electrons. The Hall–Kier alpha value is -1.36. The first kappa shape index (κ1) is 10.8. The minimum atomic E-state index is -2.86. The molecule has 0 bridgehead atoms. The minimum absolute atomic E-state index is 0.0485. The zero-order valence-corrected chi connectivity index (χ0v) is 10.4. The van der Waals surface area contributed by atoms with Crippen molar-refractivity contribution in [2.75, 3.05) is 11.5 Å². The normalized spacial score (nSPS) is 23.2. The fraction of sp³-hybridized carbons (Fsp3) is 0.417. The lowest BCUT2D eigenvalue weighted by molar-refractivity contribution is 0.556. The summed E-state index contributed by atoms with van der Waals surface area (Å²) in [5.41, 5.74) is 1.97. The third-order valence-electron chi connectivity index (χ3n) is 3.35. The number of sulfone groups is 1. The number of rotatable bonds is 1. The van der Waals surface area contributed by atoms with Crippen LogP contribution in [0.3, 0.4) is 0 Å². The molecule has 3 rings (SSSR count). The van der Waals surface area contributed by atoms with E-state index in [0.29, 0.717) is 12.2 Å². The summed E-state index contributed by atoms with van der Waals surface area (Å²) in [5.74, 6) is 1.44.